The Bertz CT molecular complexity index is 1460. The average Bonchev–Trinajstić information content (AvgIpc) is 3.50. The molecule has 0 unspecified atom stereocenters. The molecule has 12 nitrogen and oxygen atoms in total. The number of nitrogens with one attached hydrogen (secondary N) is 5. The minimum Gasteiger partial charge on any atom is -0.453 e. The standard InChI is InChI=1S/C32H42N8O4.C3H8/c1-7-17-40(28(41)21-36-31(43)44-6)18-16-34-19-26(33-5)24-12-8-22(9-13-24)23-10-14-25(15-11-23)27-20-35-29(37-27)38-30(42)39-32(2,3)4;1-3-2/h8-15,19-20,34H,5,7,16-18,21H2,1-4,6H3,(H,36,43)(H3,35,37,38,39,42);3H2,1-2H3/b26-19-;. The van der Waals surface area contributed by atoms with Gasteiger partial charge in [0.15, 0.2) is 0 Å². The van der Waals surface area contributed by atoms with Crippen LogP contribution in [0.25, 0.3) is 28.1 Å². The second kappa shape index (κ2) is 19.4. The molecule has 12 heteroatoms. The second-order valence-corrected chi connectivity index (χ2v) is 11.7. The van der Waals surface area contributed by atoms with E-state index in [1.807, 2.05) is 76.2 Å². The number of amides is 4. The number of carbonyl (C=O) groups is 3. The van der Waals surface area contributed by atoms with Gasteiger partial charge in [-0.25, -0.2) is 14.6 Å². The minimum atomic E-state index is -0.638. The lowest BCUT2D eigenvalue weighted by molar-refractivity contribution is -0.130. The quantitative estimate of drug-likeness (QED) is 0.109. The minimum absolute atomic E-state index is 0.115. The van der Waals surface area contributed by atoms with Gasteiger partial charge in [0.25, 0.3) is 0 Å². The lowest BCUT2D eigenvalue weighted by Crippen LogP contribution is -2.43. The fourth-order valence-electron chi connectivity index (χ4n) is 4.24. The summed E-state index contributed by atoms with van der Waals surface area (Å²) in [5, 5.41) is 11.2. The molecule has 4 amide bonds. The molecule has 2 aromatic carbocycles. The summed E-state index contributed by atoms with van der Waals surface area (Å²) in [5.41, 5.74) is 5.02. The molecule has 1 heterocycles. The summed E-state index contributed by atoms with van der Waals surface area (Å²) in [6.07, 6.45) is 4.87. The maximum atomic E-state index is 12.4. The molecule has 0 saturated heterocycles. The van der Waals surface area contributed by atoms with E-state index in [9.17, 15) is 14.4 Å². The number of methoxy groups -OCH3 is 1. The number of anilines is 1. The fraction of sp³-hybridized carbons (Fsp3) is 0.400. The lowest BCUT2D eigenvalue weighted by atomic mass is 10.0. The van der Waals surface area contributed by atoms with Crippen molar-refractivity contribution in [3.05, 3.63) is 66.5 Å². The molecule has 5 N–H and O–H groups in total. The van der Waals surface area contributed by atoms with E-state index >= 15 is 0 Å². The number of hydrogen-bond acceptors (Lipinski definition) is 7. The Morgan fingerprint density at radius 3 is 2.13 bits per heavy atom. The molecule has 1 aromatic heterocycles. The molecule has 3 aromatic rings. The van der Waals surface area contributed by atoms with Crippen LogP contribution in [0.2, 0.25) is 0 Å². The fourth-order valence-corrected chi connectivity index (χ4v) is 4.24. The highest BCUT2D eigenvalue weighted by atomic mass is 16.5. The van der Waals surface area contributed by atoms with Crippen LogP contribution in [0.15, 0.2) is 65.9 Å². The van der Waals surface area contributed by atoms with Crippen LogP contribution in [0.4, 0.5) is 15.5 Å². The Morgan fingerprint density at radius 2 is 1.57 bits per heavy atom. The summed E-state index contributed by atoms with van der Waals surface area (Å²) >= 11 is 0. The first kappa shape index (κ1) is 38.1. The van der Waals surface area contributed by atoms with Crippen LogP contribution in [0, 0.1) is 0 Å². The van der Waals surface area contributed by atoms with Crippen LogP contribution < -0.4 is 21.3 Å². The number of urea groups is 1. The van der Waals surface area contributed by atoms with E-state index in [0.29, 0.717) is 31.3 Å². The molecule has 254 valence electrons. The van der Waals surface area contributed by atoms with Crippen molar-refractivity contribution in [2.45, 2.75) is 59.9 Å². The van der Waals surface area contributed by atoms with Gasteiger partial charge in [0.05, 0.1) is 24.7 Å². The third kappa shape index (κ3) is 13.4. The van der Waals surface area contributed by atoms with Crippen LogP contribution in [0.5, 0.6) is 0 Å². The molecule has 0 fully saturated rings. The molecular weight excluding hydrogens is 596 g/mol. The van der Waals surface area contributed by atoms with E-state index in [4.69, 9.17) is 0 Å². The lowest BCUT2D eigenvalue weighted by Gasteiger charge is -2.22. The van der Waals surface area contributed by atoms with Crippen molar-refractivity contribution in [1.29, 1.82) is 0 Å². The third-order valence-corrected chi connectivity index (χ3v) is 6.36. The molecule has 0 aliphatic rings. The zero-order chi connectivity index (χ0) is 34.8. The second-order valence-electron chi connectivity index (χ2n) is 11.7. The van der Waals surface area contributed by atoms with E-state index in [-0.39, 0.29) is 24.0 Å². The molecule has 47 heavy (non-hydrogen) atoms. The maximum absolute atomic E-state index is 12.4. The molecule has 0 atom stereocenters. The number of benzene rings is 2. The number of carbonyl (C=O) groups excluding carboxylic acids is 3. The van der Waals surface area contributed by atoms with Gasteiger partial charge in [0.2, 0.25) is 11.9 Å². The van der Waals surface area contributed by atoms with E-state index in [1.165, 1.54) is 13.5 Å². The van der Waals surface area contributed by atoms with Crippen molar-refractivity contribution < 1.29 is 19.1 Å². The predicted octanol–water partition coefficient (Wildman–Crippen LogP) is 6.26. The van der Waals surface area contributed by atoms with Gasteiger partial charge in [-0.2, -0.15) is 0 Å². The number of H-pyrrole nitrogens is 1. The largest absolute Gasteiger partial charge is 0.453 e. The van der Waals surface area contributed by atoms with Gasteiger partial charge in [-0.1, -0.05) is 75.7 Å². The number of nitrogens with zero attached hydrogens (tertiary/aromatic N) is 3. The summed E-state index contributed by atoms with van der Waals surface area (Å²) in [6.45, 7) is 17.1. The van der Waals surface area contributed by atoms with Crippen LogP contribution in [0.1, 0.15) is 59.9 Å². The molecule has 0 spiro atoms. The molecular formula is C35H50N8O4. The third-order valence-electron chi connectivity index (χ3n) is 6.36. The topological polar surface area (TPSA) is 153 Å². The van der Waals surface area contributed by atoms with Crippen molar-refractivity contribution in [1.82, 2.24) is 30.8 Å². The first-order valence-corrected chi connectivity index (χ1v) is 15.8. The number of alkyl carbamates (subject to hydrolysis) is 1. The SMILES string of the molecule is C=N/C(=C\NCCN(CCC)C(=O)CNC(=O)OC)c1ccc(-c2ccc(-c3cnc(NC(=O)NC(C)(C)C)[nH]3)cc2)cc1.CCC. The van der Waals surface area contributed by atoms with Gasteiger partial charge in [0, 0.05) is 36.9 Å². The molecule has 0 saturated carbocycles. The summed E-state index contributed by atoms with van der Waals surface area (Å²) < 4.78 is 4.52. The zero-order valence-electron chi connectivity index (χ0n) is 28.7. The highest BCUT2D eigenvalue weighted by Gasteiger charge is 2.15. The van der Waals surface area contributed by atoms with E-state index in [0.717, 1.165) is 34.4 Å². The predicted molar refractivity (Wildman–Crippen MR) is 190 cm³/mol. The molecule has 0 aliphatic heterocycles. The highest BCUT2D eigenvalue weighted by molar-refractivity contribution is 5.88. The Kier molecular flexibility index (Phi) is 15.7. The number of rotatable bonds is 13. The summed E-state index contributed by atoms with van der Waals surface area (Å²) in [7, 11) is 1.26. The average molecular weight is 647 g/mol. The zero-order valence-corrected chi connectivity index (χ0v) is 28.7. The van der Waals surface area contributed by atoms with E-state index < -0.39 is 6.09 Å². The Morgan fingerprint density at radius 1 is 0.979 bits per heavy atom. The first-order valence-electron chi connectivity index (χ1n) is 15.8. The van der Waals surface area contributed by atoms with Crippen LogP contribution >= 0.6 is 0 Å². The summed E-state index contributed by atoms with van der Waals surface area (Å²) in [5.74, 6) is 0.191. The monoisotopic (exact) mass is 646 g/mol. The first-order chi connectivity index (χ1) is 22.4. The normalized spacial score (nSPS) is 11.0. The number of aromatic amines is 1. The Balaban J connectivity index is 0.00000246. The van der Waals surface area contributed by atoms with Gasteiger partial charge in [-0.05, 0) is 50.6 Å². The number of imidazole rings is 1. The van der Waals surface area contributed by atoms with Crippen molar-refractivity contribution in [3.63, 3.8) is 0 Å². The Labute approximate surface area is 278 Å². The number of aliphatic imine (C=N–C) groups is 1. The summed E-state index contributed by atoms with van der Waals surface area (Å²) in [4.78, 5) is 49.1. The van der Waals surface area contributed by atoms with E-state index in [1.54, 1.807) is 17.3 Å². The van der Waals surface area contributed by atoms with Gasteiger partial charge in [-0.3, -0.25) is 15.1 Å². The molecule has 0 radical (unpaired) electrons. The van der Waals surface area contributed by atoms with Gasteiger partial charge < -0.3 is 30.6 Å². The van der Waals surface area contributed by atoms with Crippen molar-refractivity contribution >= 4 is 36.4 Å². The van der Waals surface area contributed by atoms with Gasteiger partial charge >= 0.3 is 12.1 Å². The number of hydrogen-bond donors (Lipinski definition) is 5. The van der Waals surface area contributed by atoms with E-state index in [2.05, 4.69) is 61.5 Å². The van der Waals surface area contributed by atoms with Crippen LogP contribution in [-0.4, -0.2) is 78.4 Å². The van der Waals surface area contributed by atoms with Crippen molar-refractivity contribution in [2.75, 3.05) is 38.6 Å². The number of aromatic nitrogens is 2. The highest BCUT2D eigenvalue weighted by Crippen LogP contribution is 2.26. The van der Waals surface area contributed by atoms with Crippen molar-refractivity contribution in [2.24, 2.45) is 4.99 Å². The van der Waals surface area contributed by atoms with Gasteiger partial charge in [0.1, 0.15) is 6.54 Å². The molecule has 0 aliphatic carbocycles. The molecule has 0 bridgehead atoms. The smallest absolute Gasteiger partial charge is 0.407 e. The van der Waals surface area contributed by atoms with Crippen LogP contribution in [-0.2, 0) is 9.53 Å². The van der Waals surface area contributed by atoms with Crippen LogP contribution in [0.3, 0.4) is 0 Å². The Hall–Kier alpha value is -5.13. The number of ether oxygens (including phenoxy) is 1. The van der Waals surface area contributed by atoms with Crippen molar-refractivity contribution in [3.8, 4) is 22.4 Å². The maximum Gasteiger partial charge on any atom is 0.407 e. The van der Waals surface area contributed by atoms with Gasteiger partial charge in [-0.15, -0.1) is 0 Å². The molecule has 3 rings (SSSR count). The summed E-state index contributed by atoms with van der Waals surface area (Å²) in [6, 6.07) is 15.7.